The molecular weight excluding hydrogens is 228 g/mol. The van der Waals surface area contributed by atoms with Crippen molar-refractivity contribution in [3.63, 3.8) is 0 Å². The molecule has 0 aliphatic carbocycles. The molecule has 0 saturated carbocycles. The quantitative estimate of drug-likeness (QED) is 0.779. The van der Waals surface area contributed by atoms with Crippen molar-refractivity contribution in [3.05, 3.63) is 23.8 Å². The molecule has 0 radical (unpaired) electrons. The van der Waals surface area contributed by atoms with E-state index in [0.29, 0.717) is 5.92 Å². The van der Waals surface area contributed by atoms with Crippen LogP contribution in [0.15, 0.2) is 18.2 Å². The summed E-state index contributed by atoms with van der Waals surface area (Å²) in [6.07, 6.45) is 1.02. The standard InChI is InChI=1S/C14H24N2O2/c1-5-10(9-16-2)14(15)12-8-11(17-3)6-7-13(12)18-4/h6-8,10,14,16H,5,9,15H2,1-4H3. The van der Waals surface area contributed by atoms with Crippen LogP contribution >= 0.6 is 0 Å². The molecule has 0 aromatic heterocycles. The number of methoxy groups -OCH3 is 2. The largest absolute Gasteiger partial charge is 0.497 e. The highest BCUT2D eigenvalue weighted by Gasteiger charge is 2.21. The molecular formula is C14H24N2O2. The van der Waals surface area contributed by atoms with Gasteiger partial charge in [-0.1, -0.05) is 13.3 Å². The molecule has 0 aliphatic rings. The van der Waals surface area contributed by atoms with Gasteiger partial charge in [0.25, 0.3) is 0 Å². The third-order valence-corrected chi connectivity index (χ3v) is 3.29. The lowest BCUT2D eigenvalue weighted by Crippen LogP contribution is -2.29. The van der Waals surface area contributed by atoms with Gasteiger partial charge in [-0.05, 0) is 37.7 Å². The van der Waals surface area contributed by atoms with E-state index in [1.165, 1.54) is 0 Å². The monoisotopic (exact) mass is 252 g/mol. The lowest BCUT2D eigenvalue weighted by molar-refractivity contribution is 0.365. The summed E-state index contributed by atoms with van der Waals surface area (Å²) < 4.78 is 10.6. The summed E-state index contributed by atoms with van der Waals surface area (Å²) in [5.41, 5.74) is 7.36. The molecule has 3 N–H and O–H groups in total. The summed E-state index contributed by atoms with van der Waals surface area (Å²) in [6.45, 7) is 3.03. The highest BCUT2D eigenvalue weighted by molar-refractivity contribution is 5.42. The Morgan fingerprint density at radius 1 is 1.28 bits per heavy atom. The Bertz CT molecular complexity index is 369. The van der Waals surface area contributed by atoms with E-state index in [4.69, 9.17) is 15.2 Å². The second-order valence-electron chi connectivity index (χ2n) is 4.36. The molecule has 0 spiro atoms. The van der Waals surface area contributed by atoms with E-state index in [2.05, 4.69) is 12.2 Å². The SMILES string of the molecule is CCC(CNC)C(N)c1cc(OC)ccc1OC. The summed E-state index contributed by atoms with van der Waals surface area (Å²) in [5, 5.41) is 3.18. The van der Waals surface area contributed by atoms with Crippen LogP contribution in [0.2, 0.25) is 0 Å². The Balaban J connectivity index is 3.04. The van der Waals surface area contributed by atoms with E-state index >= 15 is 0 Å². The number of nitrogens with two attached hydrogens (primary N) is 1. The molecule has 0 aliphatic heterocycles. The molecule has 1 aromatic carbocycles. The summed E-state index contributed by atoms with van der Waals surface area (Å²) in [5.74, 6) is 1.99. The van der Waals surface area contributed by atoms with Crippen LogP contribution in [0.1, 0.15) is 24.9 Å². The van der Waals surface area contributed by atoms with Crippen molar-refractivity contribution in [3.8, 4) is 11.5 Å². The molecule has 102 valence electrons. The summed E-state index contributed by atoms with van der Waals surface area (Å²) in [7, 11) is 5.26. The Morgan fingerprint density at radius 2 is 2.00 bits per heavy atom. The molecule has 0 bridgehead atoms. The Kier molecular flexibility index (Phi) is 5.95. The first-order valence-electron chi connectivity index (χ1n) is 6.30. The first-order valence-corrected chi connectivity index (χ1v) is 6.30. The van der Waals surface area contributed by atoms with Crippen molar-refractivity contribution in [1.29, 1.82) is 0 Å². The zero-order valence-electron chi connectivity index (χ0n) is 11.7. The lowest BCUT2D eigenvalue weighted by atomic mass is 9.91. The van der Waals surface area contributed by atoms with Gasteiger partial charge in [-0.25, -0.2) is 0 Å². The summed E-state index contributed by atoms with van der Waals surface area (Å²) in [6, 6.07) is 5.68. The third-order valence-electron chi connectivity index (χ3n) is 3.29. The van der Waals surface area contributed by atoms with Crippen molar-refractivity contribution in [1.82, 2.24) is 5.32 Å². The van der Waals surface area contributed by atoms with Crippen molar-refractivity contribution in [2.75, 3.05) is 27.8 Å². The first-order chi connectivity index (χ1) is 8.67. The van der Waals surface area contributed by atoms with Gasteiger partial charge in [0.05, 0.1) is 14.2 Å². The maximum atomic E-state index is 6.36. The van der Waals surface area contributed by atoms with Gasteiger partial charge >= 0.3 is 0 Å². The second-order valence-corrected chi connectivity index (χ2v) is 4.36. The van der Waals surface area contributed by atoms with Crippen LogP contribution in [-0.4, -0.2) is 27.8 Å². The fourth-order valence-corrected chi connectivity index (χ4v) is 2.14. The number of ether oxygens (including phenoxy) is 2. The Labute approximate surface area is 109 Å². The van der Waals surface area contributed by atoms with E-state index in [1.807, 2.05) is 25.2 Å². The van der Waals surface area contributed by atoms with E-state index in [0.717, 1.165) is 30.0 Å². The van der Waals surface area contributed by atoms with Crippen LogP contribution in [0.4, 0.5) is 0 Å². The zero-order valence-corrected chi connectivity index (χ0v) is 11.7. The topological polar surface area (TPSA) is 56.5 Å². The van der Waals surface area contributed by atoms with Crippen LogP contribution in [0.25, 0.3) is 0 Å². The van der Waals surface area contributed by atoms with Gasteiger partial charge in [0.2, 0.25) is 0 Å². The highest BCUT2D eigenvalue weighted by atomic mass is 16.5. The molecule has 2 atom stereocenters. The number of hydrogen-bond acceptors (Lipinski definition) is 4. The number of rotatable bonds is 7. The molecule has 0 fully saturated rings. The predicted octanol–water partition coefficient (Wildman–Crippen LogP) is 1.95. The third kappa shape index (κ3) is 3.37. The maximum absolute atomic E-state index is 6.36. The van der Waals surface area contributed by atoms with Gasteiger partial charge in [-0.2, -0.15) is 0 Å². The average Bonchev–Trinajstić information content (AvgIpc) is 2.43. The number of benzene rings is 1. The van der Waals surface area contributed by atoms with Gasteiger partial charge in [0.15, 0.2) is 0 Å². The molecule has 0 amide bonds. The molecule has 18 heavy (non-hydrogen) atoms. The zero-order chi connectivity index (χ0) is 13.5. The molecule has 1 rings (SSSR count). The molecule has 4 nitrogen and oxygen atoms in total. The van der Waals surface area contributed by atoms with Gasteiger partial charge in [0.1, 0.15) is 11.5 Å². The van der Waals surface area contributed by atoms with Crippen LogP contribution in [0, 0.1) is 5.92 Å². The van der Waals surface area contributed by atoms with E-state index in [9.17, 15) is 0 Å². The second kappa shape index (κ2) is 7.24. The molecule has 4 heteroatoms. The Morgan fingerprint density at radius 3 is 2.50 bits per heavy atom. The van der Waals surface area contributed by atoms with Gasteiger partial charge in [-0.15, -0.1) is 0 Å². The van der Waals surface area contributed by atoms with Crippen molar-refractivity contribution in [2.45, 2.75) is 19.4 Å². The fourth-order valence-electron chi connectivity index (χ4n) is 2.14. The van der Waals surface area contributed by atoms with E-state index < -0.39 is 0 Å². The minimum absolute atomic E-state index is 0.0625. The van der Waals surface area contributed by atoms with Gasteiger partial charge in [-0.3, -0.25) is 0 Å². The Hall–Kier alpha value is -1.26. The van der Waals surface area contributed by atoms with Crippen LogP contribution in [0.5, 0.6) is 11.5 Å². The first kappa shape index (κ1) is 14.8. The van der Waals surface area contributed by atoms with Crippen molar-refractivity contribution >= 4 is 0 Å². The van der Waals surface area contributed by atoms with Crippen LogP contribution in [-0.2, 0) is 0 Å². The molecule has 0 saturated heterocycles. The molecule has 1 aromatic rings. The maximum Gasteiger partial charge on any atom is 0.123 e. The van der Waals surface area contributed by atoms with Gasteiger partial charge < -0.3 is 20.5 Å². The van der Waals surface area contributed by atoms with Crippen molar-refractivity contribution in [2.24, 2.45) is 11.7 Å². The summed E-state index contributed by atoms with van der Waals surface area (Å²) >= 11 is 0. The highest BCUT2D eigenvalue weighted by Crippen LogP contribution is 2.32. The normalized spacial score (nSPS) is 14.1. The van der Waals surface area contributed by atoms with E-state index in [1.54, 1.807) is 14.2 Å². The predicted molar refractivity (Wildman–Crippen MR) is 74.2 cm³/mol. The molecule has 0 heterocycles. The van der Waals surface area contributed by atoms with Gasteiger partial charge in [0, 0.05) is 11.6 Å². The minimum Gasteiger partial charge on any atom is -0.497 e. The molecule has 2 unspecified atom stereocenters. The van der Waals surface area contributed by atoms with Crippen molar-refractivity contribution < 1.29 is 9.47 Å². The van der Waals surface area contributed by atoms with Crippen LogP contribution in [0.3, 0.4) is 0 Å². The fraction of sp³-hybridized carbons (Fsp3) is 0.571. The lowest BCUT2D eigenvalue weighted by Gasteiger charge is -2.24. The van der Waals surface area contributed by atoms with Crippen LogP contribution < -0.4 is 20.5 Å². The average molecular weight is 252 g/mol. The minimum atomic E-state index is -0.0625. The number of nitrogens with one attached hydrogen (secondary N) is 1. The smallest absolute Gasteiger partial charge is 0.123 e. The van der Waals surface area contributed by atoms with E-state index in [-0.39, 0.29) is 6.04 Å². The number of hydrogen-bond donors (Lipinski definition) is 2. The summed E-state index contributed by atoms with van der Waals surface area (Å²) in [4.78, 5) is 0.